The molecule has 0 aliphatic heterocycles. The standard InChI is InChI=1S/C23H18BrClN2O3S/c1-15-12-16(24)6-11-20(15)26-23(28)14-27-13-22(19-4-2-3-5-21(19)27)31(29,30)18-9-7-17(25)8-10-18/h2-13H,14H2,1H3,(H,26,28). The number of carbonyl (C=O) groups excluding carboxylic acids is 1. The fourth-order valence-corrected chi connectivity index (χ4v) is 5.49. The molecule has 8 heteroatoms. The Hall–Kier alpha value is -2.61. The lowest BCUT2D eigenvalue weighted by Crippen LogP contribution is -2.18. The number of hydrogen-bond donors (Lipinski definition) is 1. The number of rotatable bonds is 5. The Morgan fingerprint density at radius 2 is 1.77 bits per heavy atom. The van der Waals surface area contributed by atoms with Crippen molar-refractivity contribution in [2.24, 2.45) is 0 Å². The van der Waals surface area contributed by atoms with Crippen molar-refractivity contribution < 1.29 is 13.2 Å². The van der Waals surface area contributed by atoms with E-state index in [0.717, 1.165) is 10.0 Å². The summed E-state index contributed by atoms with van der Waals surface area (Å²) < 4.78 is 29.1. The van der Waals surface area contributed by atoms with E-state index in [1.165, 1.54) is 18.3 Å². The molecule has 0 fully saturated rings. The first-order valence-corrected chi connectivity index (χ1v) is 12.1. The van der Waals surface area contributed by atoms with Crippen LogP contribution in [0.25, 0.3) is 10.9 Å². The molecule has 158 valence electrons. The Labute approximate surface area is 193 Å². The SMILES string of the molecule is Cc1cc(Br)ccc1NC(=O)Cn1cc(S(=O)(=O)c2ccc(Cl)cc2)c2ccccc21. The highest BCUT2D eigenvalue weighted by molar-refractivity contribution is 9.10. The molecular formula is C23H18BrClN2O3S. The normalized spacial score (nSPS) is 11.6. The molecule has 1 heterocycles. The van der Waals surface area contributed by atoms with Crippen LogP contribution in [-0.4, -0.2) is 18.9 Å². The topological polar surface area (TPSA) is 68.2 Å². The van der Waals surface area contributed by atoms with E-state index in [9.17, 15) is 13.2 Å². The maximum atomic E-state index is 13.3. The van der Waals surface area contributed by atoms with Crippen molar-refractivity contribution in [2.75, 3.05) is 5.32 Å². The highest BCUT2D eigenvalue weighted by Crippen LogP contribution is 2.31. The molecule has 4 aromatic rings. The van der Waals surface area contributed by atoms with Gasteiger partial charge in [0.15, 0.2) is 0 Å². The third-order valence-electron chi connectivity index (χ3n) is 4.94. The molecule has 1 aromatic heterocycles. The minimum atomic E-state index is -3.78. The summed E-state index contributed by atoms with van der Waals surface area (Å²) in [5, 5.41) is 3.91. The highest BCUT2D eigenvalue weighted by atomic mass is 79.9. The number of fused-ring (bicyclic) bond motifs is 1. The van der Waals surface area contributed by atoms with Gasteiger partial charge in [-0.05, 0) is 61.0 Å². The lowest BCUT2D eigenvalue weighted by molar-refractivity contribution is -0.116. The predicted octanol–water partition coefficient (Wildman–Crippen LogP) is 5.84. The average Bonchev–Trinajstić information content (AvgIpc) is 3.10. The Morgan fingerprint density at radius 3 is 2.48 bits per heavy atom. The molecule has 0 aliphatic rings. The summed E-state index contributed by atoms with van der Waals surface area (Å²) in [4.78, 5) is 13.0. The second-order valence-electron chi connectivity index (χ2n) is 7.10. The van der Waals surface area contributed by atoms with Gasteiger partial charge in [0.05, 0.1) is 9.79 Å². The number of aromatic nitrogens is 1. The number of amides is 1. The molecule has 0 spiro atoms. The van der Waals surface area contributed by atoms with Gasteiger partial charge >= 0.3 is 0 Å². The molecule has 0 saturated heterocycles. The molecule has 5 nitrogen and oxygen atoms in total. The molecular weight excluding hydrogens is 500 g/mol. The summed E-state index contributed by atoms with van der Waals surface area (Å²) in [5.41, 5.74) is 2.29. The van der Waals surface area contributed by atoms with Crippen LogP contribution >= 0.6 is 27.5 Å². The molecule has 0 aliphatic carbocycles. The number of para-hydroxylation sites is 1. The molecule has 0 bridgehead atoms. The zero-order valence-electron chi connectivity index (χ0n) is 16.5. The third kappa shape index (κ3) is 4.39. The second kappa shape index (κ2) is 8.49. The zero-order valence-corrected chi connectivity index (χ0v) is 19.6. The number of benzene rings is 3. The molecule has 1 amide bonds. The Balaban J connectivity index is 1.70. The predicted molar refractivity (Wildman–Crippen MR) is 126 cm³/mol. The summed E-state index contributed by atoms with van der Waals surface area (Å²) in [6.45, 7) is 1.88. The van der Waals surface area contributed by atoms with Gasteiger partial charge in [-0.2, -0.15) is 0 Å². The summed E-state index contributed by atoms with van der Waals surface area (Å²) in [6, 6.07) is 18.8. The maximum Gasteiger partial charge on any atom is 0.244 e. The first kappa shape index (κ1) is 21.6. The van der Waals surface area contributed by atoms with E-state index in [0.29, 0.717) is 21.6 Å². The molecule has 0 atom stereocenters. The van der Waals surface area contributed by atoms with Gasteiger partial charge in [-0.15, -0.1) is 0 Å². The highest BCUT2D eigenvalue weighted by Gasteiger charge is 2.24. The molecule has 0 unspecified atom stereocenters. The van der Waals surface area contributed by atoms with E-state index in [-0.39, 0.29) is 22.2 Å². The van der Waals surface area contributed by atoms with Gasteiger partial charge in [0.1, 0.15) is 6.54 Å². The number of aryl methyl sites for hydroxylation is 1. The van der Waals surface area contributed by atoms with Crippen LogP contribution in [0.2, 0.25) is 5.02 Å². The van der Waals surface area contributed by atoms with Crippen LogP contribution < -0.4 is 5.32 Å². The number of nitrogens with one attached hydrogen (secondary N) is 1. The quantitative estimate of drug-likeness (QED) is 0.362. The first-order valence-electron chi connectivity index (χ1n) is 9.40. The Kier molecular flexibility index (Phi) is 5.92. The molecule has 1 N–H and O–H groups in total. The third-order valence-corrected chi connectivity index (χ3v) is 7.48. The van der Waals surface area contributed by atoms with E-state index < -0.39 is 9.84 Å². The number of anilines is 1. The number of hydrogen-bond acceptors (Lipinski definition) is 3. The van der Waals surface area contributed by atoms with Crippen molar-refractivity contribution in [3.63, 3.8) is 0 Å². The van der Waals surface area contributed by atoms with Crippen LogP contribution in [-0.2, 0) is 21.2 Å². The summed E-state index contributed by atoms with van der Waals surface area (Å²) >= 11 is 9.31. The van der Waals surface area contributed by atoms with Crippen LogP contribution in [0.5, 0.6) is 0 Å². The van der Waals surface area contributed by atoms with Gasteiger partial charge < -0.3 is 9.88 Å². The van der Waals surface area contributed by atoms with Crippen LogP contribution in [0.1, 0.15) is 5.56 Å². The molecule has 31 heavy (non-hydrogen) atoms. The van der Waals surface area contributed by atoms with Gasteiger partial charge in [0.25, 0.3) is 0 Å². The van der Waals surface area contributed by atoms with Crippen molar-refractivity contribution in [1.82, 2.24) is 4.57 Å². The van der Waals surface area contributed by atoms with Crippen molar-refractivity contribution >= 4 is 59.9 Å². The fraction of sp³-hybridized carbons (Fsp3) is 0.0870. The van der Waals surface area contributed by atoms with E-state index in [1.54, 1.807) is 34.9 Å². The summed E-state index contributed by atoms with van der Waals surface area (Å²) in [6.07, 6.45) is 1.52. The fourth-order valence-electron chi connectivity index (χ4n) is 3.41. The minimum Gasteiger partial charge on any atom is -0.337 e. The van der Waals surface area contributed by atoms with E-state index in [2.05, 4.69) is 21.2 Å². The number of halogens is 2. The van der Waals surface area contributed by atoms with Crippen molar-refractivity contribution in [3.05, 3.63) is 88.0 Å². The average molecular weight is 518 g/mol. The lowest BCUT2D eigenvalue weighted by Gasteiger charge is -2.10. The number of nitrogens with zero attached hydrogens (tertiary/aromatic N) is 1. The molecule has 0 radical (unpaired) electrons. The van der Waals surface area contributed by atoms with Gasteiger partial charge in [-0.25, -0.2) is 8.42 Å². The van der Waals surface area contributed by atoms with E-state index in [4.69, 9.17) is 11.6 Å². The van der Waals surface area contributed by atoms with Crippen LogP contribution in [0.3, 0.4) is 0 Å². The van der Waals surface area contributed by atoms with Crippen molar-refractivity contribution in [2.45, 2.75) is 23.3 Å². The van der Waals surface area contributed by atoms with Crippen LogP contribution in [0.4, 0.5) is 5.69 Å². The van der Waals surface area contributed by atoms with Gasteiger partial charge in [0.2, 0.25) is 15.7 Å². The second-order valence-corrected chi connectivity index (χ2v) is 10.4. The first-order chi connectivity index (χ1) is 14.8. The van der Waals surface area contributed by atoms with E-state index in [1.807, 2.05) is 31.2 Å². The maximum absolute atomic E-state index is 13.3. The Morgan fingerprint density at radius 1 is 1.06 bits per heavy atom. The van der Waals surface area contributed by atoms with E-state index >= 15 is 0 Å². The molecule has 3 aromatic carbocycles. The number of carbonyl (C=O) groups is 1. The molecule has 0 saturated carbocycles. The van der Waals surface area contributed by atoms with Crippen LogP contribution in [0.15, 0.2) is 87.2 Å². The van der Waals surface area contributed by atoms with Crippen LogP contribution in [0, 0.1) is 6.92 Å². The van der Waals surface area contributed by atoms with Gasteiger partial charge in [-0.1, -0.05) is 45.7 Å². The van der Waals surface area contributed by atoms with Crippen molar-refractivity contribution in [1.29, 1.82) is 0 Å². The zero-order chi connectivity index (χ0) is 22.2. The van der Waals surface area contributed by atoms with Gasteiger partial charge in [0, 0.05) is 32.3 Å². The molecule has 4 rings (SSSR count). The summed E-state index contributed by atoms with van der Waals surface area (Å²) in [5.74, 6) is -0.249. The Bertz CT molecular complexity index is 1400. The number of sulfone groups is 1. The van der Waals surface area contributed by atoms with Gasteiger partial charge in [-0.3, -0.25) is 4.79 Å². The minimum absolute atomic E-state index is 0.0217. The lowest BCUT2D eigenvalue weighted by atomic mass is 10.2. The monoisotopic (exact) mass is 516 g/mol. The van der Waals surface area contributed by atoms with Crippen molar-refractivity contribution in [3.8, 4) is 0 Å². The summed E-state index contributed by atoms with van der Waals surface area (Å²) in [7, 11) is -3.78. The smallest absolute Gasteiger partial charge is 0.244 e. The largest absolute Gasteiger partial charge is 0.337 e.